The van der Waals surface area contributed by atoms with Crippen molar-refractivity contribution in [2.45, 2.75) is 45.1 Å². The molecule has 82 valence electrons. The maximum atomic E-state index is 5.21. The van der Waals surface area contributed by atoms with Gasteiger partial charge in [-0.1, -0.05) is 25.8 Å². The molecule has 1 atom stereocenters. The van der Waals surface area contributed by atoms with Crippen molar-refractivity contribution in [2.75, 3.05) is 20.3 Å². The largest absolute Gasteiger partial charge is 0.383 e. The number of unbranched alkanes of at least 4 members (excludes halogenated alkanes) is 2. The molecule has 0 aliphatic carbocycles. The van der Waals surface area contributed by atoms with Gasteiger partial charge in [-0.15, -0.1) is 0 Å². The van der Waals surface area contributed by atoms with Crippen molar-refractivity contribution in [1.29, 1.82) is 0 Å². The number of ether oxygens (including phenoxy) is 1. The lowest BCUT2D eigenvalue weighted by molar-refractivity contribution is 0.138. The lowest BCUT2D eigenvalue weighted by Crippen LogP contribution is -2.28. The number of rotatable bonds is 6. The molecule has 1 rings (SSSR count). The molecule has 0 aromatic heterocycles. The molecular formula is C12H23NO. The van der Waals surface area contributed by atoms with E-state index in [9.17, 15) is 0 Å². The third-order valence-electron chi connectivity index (χ3n) is 2.80. The van der Waals surface area contributed by atoms with Gasteiger partial charge in [-0.3, -0.25) is 0 Å². The van der Waals surface area contributed by atoms with Crippen LogP contribution < -0.4 is 0 Å². The molecule has 0 aromatic rings. The smallest absolute Gasteiger partial charge is 0.0666 e. The first-order valence-corrected chi connectivity index (χ1v) is 5.79. The predicted molar refractivity (Wildman–Crippen MR) is 60.3 cm³/mol. The van der Waals surface area contributed by atoms with Crippen LogP contribution in [0, 0.1) is 0 Å². The Morgan fingerprint density at radius 1 is 1.50 bits per heavy atom. The Kier molecular flexibility index (Phi) is 5.69. The third-order valence-corrected chi connectivity index (χ3v) is 2.80. The fourth-order valence-corrected chi connectivity index (χ4v) is 1.96. The van der Waals surface area contributed by atoms with E-state index >= 15 is 0 Å². The topological polar surface area (TPSA) is 12.5 Å². The van der Waals surface area contributed by atoms with Gasteiger partial charge in [0.15, 0.2) is 0 Å². The highest BCUT2D eigenvalue weighted by Crippen LogP contribution is 2.17. The molecule has 0 radical (unpaired) electrons. The summed E-state index contributed by atoms with van der Waals surface area (Å²) in [5.41, 5.74) is 0. The van der Waals surface area contributed by atoms with E-state index in [4.69, 9.17) is 4.74 Å². The average Bonchev–Trinajstić information content (AvgIpc) is 2.61. The summed E-state index contributed by atoms with van der Waals surface area (Å²) in [6, 6.07) is 0.623. The number of allylic oxidation sites excluding steroid dienone is 1. The summed E-state index contributed by atoms with van der Waals surface area (Å²) in [5, 5.41) is 0. The molecule has 2 nitrogen and oxygen atoms in total. The van der Waals surface area contributed by atoms with Crippen LogP contribution in [0.4, 0.5) is 0 Å². The minimum absolute atomic E-state index is 0.623. The quantitative estimate of drug-likeness (QED) is 0.607. The van der Waals surface area contributed by atoms with Crippen molar-refractivity contribution in [1.82, 2.24) is 4.90 Å². The van der Waals surface area contributed by atoms with Gasteiger partial charge >= 0.3 is 0 Å². The third kappa shape index (κ3) is 3.70. The first-order chi connectivity index (χ1) is 6.88. The molecule has 0 bridgehead atoms. The molecule has 0 saturated carbocycles. The highest BCUT2D eigenvalue weighted by atomic mass is 16.5. The predicted octanol–water partition coefficient (Wildman–Crippen LogP) is 2.80. The van der Waals surface area contributed by atoms with Gasteiger partial charge in [0.2, 0.25) is 0 Å². The number of hydrogen-bond acceptors (Lipinski definition) is 2. The van der Waals surface area contributed by atoms with E-state index in [2.05, 4.69) is 24.1 Å². The van der Waals surface area contributed by atoms with Crippen LogP contribution in [0.1, 0.15) is 39.0 Å². The molecule has 14 heavy (non-hydrogen) atoms. The first-order valence-electron chi connectivity index (χ1n) is 5.79. The van der Waals surface area contributed by atoms with E-state index in [0.29, 0.717) is 6.04 Å². The second-order valence-electron chi connectivity index (χ2n) is 4.02. The Balaban J connectivity index is 2.24. The van der Waals surface area contributed by atoms with Crippen LogP contribution in [-0.4, -0.2) is 31.2 Å². The summed E-state index contributed by atoms with van der Waals surface area (Å²) in [6.45, 7) is 4.31. The number of nitrogens with zero attached hydrogens (tertiary/aromatic N) is 1. The minimum atomic E-state index is 0.623. The molecule has 1 heterocycles. The highest BCUT2D eigenvalue weighted by Gasteiger charge is 2.20. The van der Waals surface area contributed by atoms with Crippen molar-refractivity contribution >= 4 is 0 Å². The lowest BCUT2D eigenvalue weighted by Gasteiger charge is -2.21. The van der Waals surface area contributed by atoms with Gasteiger partial charge in [0.25, 0.3) is 0 Å². The highest BCUT2D eigenvalue weighted by molar-refractivity contribution is 4.90. The molecule has 0 N–H and O–H groups in total. The van der Waals surface area contributed by atoms with Gasteiger partial charge in [-0.25, -0.2) is 0 Å². The van der Waals surface area contributed by atoms with Gasteiger partial charge in [-0.05, 0) is 25.5 Å². The van der Waals surface area contributed by atoms with Crippen LogP contribution in [0.3, 0.4) is 0 Å². The molecule has 1 aliphatic rings. The summed E-state index contributed by atoms with van der Waals surface area (Å²) >= 11 is 0. The van der Waals surface area contributed by atoms with Crippen LogP contribution in [0.15, 0.2) is 12.3 Å². The van der Waals surface area contributed by atoms with Gasteiger partial charge in [0, 0.05) is 13.7 Å². The molecule has 1 fully saturated rings. The molecule has 0 spiro atoms. The van der Waals surface area contributed by atoms with E-state index in [1.807, 2.05) is 0 Å². The molecular weight excluding hydrogens is 174 g/mol. The minimum Gasteiger partial charge on any atom is -0.383 e. The monoisotopic (exact) mass is 197 g/mol. The van der Waals surface area contributed by atoms with Crippen LogP contribution >= 0.6 is 0 Å². The van der Waals surface area contributed by atoms with E-state index in [0.717, 1.165) is 6.61 Å². The van der Waals surface area contributed by atoms with Crippen LogP contribution in [0.2, 0.25) is 0 Å². The zero-order valence-electron chi connectivity index (χ0n) is 9.54. The molecule has 0 aromatic carbocycles. The van der Waals surface area contributed by atoms with Gasteiger partial charge in [0.05, 0.1) is 12.6 Å². The Hall–Kier alpha value is -0.500. The Morgan fingerprint density at radius 2 is 2.36 bits per heavy atom. The van der Waals surface area contributed by atoms with Crippen molar-refractivity contribution < 1.29 is 4.74 Å². The van der Waals surface area contributed by atoms with Gasteiger partial charge in [0.1, 0.15) is 0 Å². The summed E-state index contributed by atoms with van der Waals surface area (Å²) < 4.78 is 5.21. The van der Waals surface area contributed by atoms with Crippen LogP contribution in [0.5, 0.6) is 0 Å². The molecule has 1 aliphatic heterocycles. The maximum Gasteiger partial charge on any atom is 0.0666 e. The fraction of sp³-hybridized carbons (Fsp3) is 0.833. The van der Waals surface area contributed by atoms with E-state index in [1.54, 1.807) is 7.11 Å². The second kappa shape index (κ2) is 6.88. The van der Waals surface area contributed by atoms with Crippen molar-refractivity contribution in [3.05, 3.63) is 12.3 Å². The van der Waals surface area contributed by atoms with E-state index in [-0.39, 0.29) is 0 Å². The number of hydrogen-bond donors (Lipinski definition) is 0. The molecule has 2 heteroatoms. The van der Waals surface area contributed by atoms with E-state index in [1.165, 1.54) is 38.6 Å². The van der Waals surface area contributed by atoms with Crippen LogP contribution in [0.25, 0.3) is 0 Å². The zero-order valence-corrected chi connectivity index (χ0v) is 9.54. The lowest BCUT2D eigenvalue weighted by atomic mass is 10.2. The van der Waals surface area contributed by atoms with Gasteiger partial charge < -0.3 is 9.64 Å². The van der Waals surface area contributed by atoms with Crippen molar-refractivity contribution in [3.8, 4) is 0 Å². The number of likely N-dealkylation sites (tertiary alicyclic amines) is 1. The Labute approximate surface area is 87.9 Å². The fourth-order valence-electron chi connectivity index (χ4n) is 1.96. The normalized spacial score (nSPS) is 22.4. The summed E-state index contributed by atoms with van der Waals surface area (Å²) in [5.74, 6) is 0. The average molecular weight is 197 g/mol. The van der Waals surface area contributed by atoms with Crippen LogP contribution in [-0.2, 0) is 4.74 Å². The second-order valence-corrected chi connectivity index (χ2v) is 4.02. The summed E-state index contributed by atoms with van der Waals surface area (Å²) in [4.78, 5) is 2.43. The molecule has 0 amide bonds. The van der Waals surface area contributed by atoms with Crippen molar-refractivity contribution in [3.63, 3.8) is 0 Å². The van der Waals surface area contributed by atoms with Crippen molar-refractivity contribution in [2.24, 2.45) is 0 Å². The summed E-state index contributed by atoms with van der Waals surface area (Å²) in [6.07, 6.45) is 11.0. The first kappa shape index (κ1) is 11.6. The SMILES string of the molecule is CCCCC=CN1CCC[C@H]1COC. The molecule has 0 unspecified atom stereocenters. The Morgan fingerprint density at radius 3 is 3.07 bits per heavy atom. The van der Waals surface area contributed by atoms with E-state index < -0.39 is 0 Å². The number of methoxy groups -OCH3 is 1. The van der Waals surface area contributed by atoms with Gasteiger partial charge in [-0.2, -0.15) is 0 Å². The standard InChI is InChI=1S/C12H23NO/c1-3-4-5-6-9-13-10-7-8-12(13)11-14-2/h6,9,12H,3-5,7-8,10-11H2,1-2H3/t12-/m0/s1. The molecule has 1 saturated heterocycles. The maximum absolute atomic E-state index is 5.21. The zero-order chi connectivity index (χ0) is 10.2. The summed E-state index contributed by atoms with van der Waals surface area (Å²) in [7, 11) is 1.79. The Bertz CT molecular complexity index is 168.